The summed E-state index contributed by atoms with van der Waals surface area (Å²) in [5, 5.41) is 0.517. The summed E-state index contributed by atoms with van der Waals surface area (Å²) in [6, 6.07) is 10.2. The van der Waals surface area contributed by atoms with Gasteiger partial charge in [-0.05, 0) is 40.0 Å². The first-order chi connectivity index (χ1) is 7.18. The van der Waals surface area contributed by atoms with E-state index < -0.39 is 0 Å². The van der Waals surface area contributed by atoms with E-state index in [9.17, 15) is 0 Å². The summed E-state index contributed by atoms with van der Waals surface area (Å²) in [5.41, 5.74) is 2.26. The summed E-state index contributed by atoms with van der Waals surface area (Å²) < 4.78 is 2.78. The summed E-state index contributed by atoms with van der Waals surface area (Å²) in [6.45, 7) is 2.75. The molecule has 1 aromatic heterocycles. The predicted octanol–water partition coefficient (Wildman–Crippen LogP) is 3.66. The highest BCUT2D eigenvalue weighted by molar-refractivity contribution is 9.10. The molecule has 15 heavy (non-hydrogen) atoms. The van der Waals surface area contributed by atoms with Gasteiger partial charge in [-0.3, -0.25) is 0 Å². The third-order valence-corrected chi connectivity index (χ3v) is 3.34. The highest BCUT2D eigenvalue weighted by atomic mass is 79.9. The maximum atomic E-state index is 6.02. The molecule has 0 amide bonds. The zero-order chi connectivity index (χ0) is 10.8. The third-order valence-electron chi connectivity index (χ3n) is 2.30. The van der Waals surface area contributed by atoms with Gasteiger partial charge in [0.05, 0.1) is 12.2 Å². The topological polar surface area (TPSA) is 17.8 Å². The molecule has 1 aromatic carbocycles. The molecule has 0 saturated heterocycles. The van der Waals surface area contributed by atoms with Gasteiger partial charge in [0, 0.05) is 0 Å². The van der Waals surface area contributed by atoms with E-state index in [0.29, 0.717) is 5.28 Å². The van der Waals surface area contributed by atoms with Crippen molar-refractivity contribution in [2.75, 3.05) is 0 Å². The van der Waals surface area contributed by atoms with Crippen LogP contribution in [0.15, 0.2) is 34.9 Å². The molecular weight excluding hydrogens is 275 g/mol. The molecular formula is C11H10BrClN2. The van der Waals surface area contributed by atoms with Gasteiger partial charge in [-0.2, -0.15) is 0 Å². The molecule has 0 aliphatic heterocycles. The lowest BCUT2D eigenvalue weighted by molar-refractivity contribution is 0.770. The van der Waals surface area contributed by atoms with Gasteiger partial charge in [-0.1, -0.05) is 30.3 Å². The average molecular weight is 286 g/mol. The number of aromatic nitrogens is 2. The Labute approximate surface area is 102 Å². The Bertz CT molecular complexity index is 465. The van der Waals surface area contributed by atoms with Crippen LogP contribution in [0.2, 0.25) is 5.28 Å². The lowest BCUT2D eigenvalue weighted by Gasteiger charge is -2.06. The second-order valence-electron chi connectivity index (χ2n) is 3.33. The molecule has 2 aromatic rings. The lowest BCUT2D eigenvalue weighted by atomic mass is 10.2. The summed E-state index contributed by atoms with van der Waals surface area (Å²) in [5.74, 6) is 0. The summed E-state index contributed by atoms with van der Waals surface area (Å²) in [7, 11) is 0. The van der Waals surface area contributed by atoms with Crippen LogP contribution in [0.4, 0.5) is 0 Å². The van der Waals surface area contributed by atoms with Gasteiger partial charge in [-0.25, -0.2) is 4.98 Å². The Morgan fingerprint density at radius 1 is 1.33 bits per heavy atom. The monoisotopic (exact) mass is 284 g/mol. The zero-order valence-corrected chi connectivity index (χ0v) is 10.6. The predicted molar refractivity (Wildman–Crippen MR) is 65.2 cm³/mol. The molecule has 0 unspecified atom stereocenters. The molecule has 2 nitrogen and oxygen atoms in total. The number of nitrogens with zero attached hydrogens (tertiary/aromatic N) is 2. The van der Waals surface area contributed by atoms with Crippen LogP contribution >= 0.6 is 27.5 Å². The smallest absolute Gasteiger partial charge is 0.204 e. The maximum Gasteiger partial charge on any atom is 0.204 e. The minimum atomic E-state index is 0.517. The van der Waals surface area contributed by atoms with Crippen molar-refractivity contribution in [2.45, 2.75) is 13.5 Å². The van der Waals surface area contributed by atoms with E-state index in [1.165, 1.54) is 5.56 Å². The number of benzene rings is 1. The van der Waals surface area contributed by atoms with Gasteiger partial charge in [0.25, 0.3) is 0 Å². The molecule has 0 aliphatic rings. The second kappa shape index (κ2) is 4.37. The molecule has 0 saturated carbocycles. The van der Waals surface area contributed by atoms with Gasteiger partial charge in [0.1, 0.15) is 4.60 Å². The van der Waals surface area contributed by atoms with E-state index in [1.807, 2.05) is 29.7 Å². The second-order valence-corrected chi connectivity index (χ2v) is 4.42. The van der Waals surface area contributed by atoms with Crippen molar-refractivity contribution >= 4 is 27.5 Å². The van der Waals surface area contributed by atoms with E-state index in [4.69, 9.17) is 11.6 Å². The van der Waals surface area contributed by atoms with E-state index in [2.05, 4.69) is 33.0 Å². The van der Waals surface area contributed by atoms with Gasteiger partial charge in [-0.15, -0.1) is 0 Å². The number of hydrogen-bond acceptors (Lipinski definition) is 1. The first-order valence-corrected chi connectivity index (χ1v) is 5.77. The first-order valence-electron chi connectivity index (χ1n) is 4.60. The van der Waals surface area contributed by atoms with Crippen molar-refractivity contribution in [1.82, 2.24) is 9.55 Å². The summed E-state index contributed by atoms with van der Waals surface area (Å²) in [4.78, 5) is 4.15. The molecule has 0 aliphatic carbocycles. The largest absolute Gasteiger partial charge is 0.314 e. The van der Waals surface area contributed by atoms with Crippen molar-refractivity contribution in [3.05, 3.63) is 51.5 Å². The highest BCUT2D eigenvalue weighted by Crippen LogP contribution is 2.21. The van der Waals surface area contributed by atoms with Crippen LogP contribution < -0.4 is 0 Å². The molecule has 0 N–H and O–H groups in total. The maximum absolute atomic E-state index is 6.02. The number of hydrogen-bond donors (Lipinski definition) is 0. The minimum absolute atomic E-state index is 0.517. The molecule has 1 heterocycles. The molecule has 0 bridgehead atoms. The molecule has 0 fully saturated rings. The Hall–Kier alpha value is -0.800. The fourth-order valence-corrected chi connectivity index (χ4v) is 2.18. The zero-order valence-electron chi connectivity index (χ0n) is 8.24. The minimum Gasteiger partial charge on any atom is -0.314 e. The Kier molecular flexibility index (Phi) is 3.12. The Balaban J connectivity index is 2.32. The summed E-state index contributed by atoms with van der Waals surface area (Å²) in [6.07, 6.45) is 0. The molecule has 0 atom stereocenters. The van der Waals surface area contributed by atoms with E-state index in [0.717, 1.165) is 16.8 Å². The average Bonchev–Trinajstić information content (AvgIpc) is 2.47. The number of halogens is 2. The molecule has 0 radical (unpaired) electrons. The molecule has 78 valence electrons. The molecule has 4 heteroatoms. The van der Waals surface area contributed by atoms with Crippen molar-refractivity contribution < 1.29 is 0 Å². The van der Waals surface area contributed by atoms with Crippen LogP contribution in [0, 0.1) is 6.92 Å². The summed E-state index contributed by atoms with van der Waals surface area (Å²) >= 11 is 9.39. The van der Waals surface area contributed by atoms with Gasteiger partial charge < -0.3 is 4.57 Å². The van der Waals surface area contributed by atoms with E-state index >= 15 is 0 Å². The molecule has 2 rings (SSSR count). The van der Waals surface area contributed by atoms with Crippen LogP contribution in [0.5, 0.6) is 0 Å². The number of imidazole rings is 1. The van der Waals surface area contributed by atoms with Crippen LogP contribution in [0.3, 0.4) is 0 Å². The van der Waals surface area contributed by atoms with Crippen LogP contribution in [-0.2, 0) is 6.54 Å². The van der Waals surface area contributed by atoms with E-state index in [1.54, 1.807) is 0 Å². The first kappa shape index (κ1) is 10.7. The van der Waals surface area contributed by atoms with Gasteiger partial charge in [0.2, 0.25) is 5.28 Å². The quantitative estimate of drug-likeness (QED) is 0.823. The SMILES string of the molecule is Cc1c(Br)nc(Cl)n1Cc1ccccc1. The van der Waals surface area contributed by atoms with Gasteiger partial charge in [0.15, 0.2) is 0 Å². The van der Waals surface area contributed by atoms with Crippen LogP contribution in [-0.4, -0.2) is 9.55 Å². The number of rotatable bonds is 2. The fraction of sp³-hybridized carbons (Fsp3) is 0.182. The van der Waals surface area contributed by atoms with Crippen LogP contribution in [0.25, 0.3) is 0 Å². The molecule has 0 spiro atoms. The van der Waals surface area contributed by atoms with Crippen molar-refractivity contribution in [3.8, 4) is 0 Å². The Morgan fingerprint density at radius 3 is 2.53 bits per heavy atom. The van der Waals surface area contributed by atoms with Crippen molar-refractivity contribution in [3.63, 3.8) is 0 Å². The Morgan fingerprint density at radius 2 is 2.00 bits per heavy atom. The van der Waals surface area contributed by atoms with Crippen molar-refractivity contribution in [1.29, 1.82) is 0 Å². The fourth-order valence-electron chi connectivity index (χ4n) is 1.42. The highest BCUT2D eigenvalue weighted by Gasteiger charge is 2.09. The van der Waals surface area contributed by atoms with Gasteiger partial charge >= 0.3 is 0 Å². The normalized spacial score (nSPS) is 10.6. The lowest BCUT2D eigenvalue weighted by Crippen LogP contribution is -2.01. The van der Waals surface area contributed by atoms with E-state index in [-0.39, 0.29) is 0 Å². The van der Waals surface area contributed by atoms with Crippen LogP contribution in [0.1, 0.15) is 11.3 Å². The van der Waals surface area contributed by atoms with Crippen molar-refractivity contribution in [2.24, 2.45) is 0 Å². The standard InChI is InChI=1S/C11H10BrClN2/c1-8-10(12)14-11(13)15(8)7-9-5-3-2-4-6-9/h2-6H,7H2,1H3. The third kappa shape index (κ3) is 2.24.